The molecule has 2 rings (SSSR count). The highest BCUT2D eigenvalue weighted by Gasteiger charge is 2.31. The van der Waals surface area contributed by atoms with Crippen molar-refractivity contribution in [3.63, 3.8) is 0 Å². The van der Waals surface area contributed by atoms with Gasteiger partial charge < -0.3 is 15.1 Å². The number of amides is 2. The van der Waals surface area contributed by atoms with Crippen LogP contribution in [0.15, 0.2) is 0 Å². The van der Waals surface area contributed by atoms with Crippen LogP contribution in [0.4, 0.5) is 0 Å². The summed E-state index contributed by atoms with van der Waals surface area (Å²) in [6, 6.07) is 0. The van der Waals surface area contributed by atoms with Crippen molar-refractivity contribution in [3.05, 3.63) is 0 Å². The van der Waals surface area contributed by atoms with E-state index in [4.69, 9.17) is 0 Å². The average Bonchev–Trinajstić information content (AvgIpc) is 2.51. The predicted octanol–water partition coefficient (Wildman–Crippen LogP) is -0.0773. The molecule has 2 heterocycles. The van der Waals surface area contributed by atoms with Crippen molar-refractivity contribution < 1.29 is 9.59 Å². The van der Waals surface area contributed by atoms with Gasteiger partial charge in [0.25, 0.3) is 0 Å². The van der Waals surface area contributed by atoms with Crippen molar-refractivity contribution in [2.24, 2.45) is 11.8 Å². The fraction of sp³-hybridized carbons (Fsp3) is 0.846. The molecule has 102 valence electrons. The molecule has 2 unspecified atom stereocenters. The van der Waals surface area contributed by atoms with E-state index in [9.17, 15) is 9.59 Å². The highest BCUT2D eigenvalue weighted by atomic mass is 16.2. The Hall–Kier alpha value is -1.10. The first-order chi connectivity index (χ1) is 8.58. The topological polar surface area (TPSA) is 52.7 Å². The number of carbonyl (C=O) groups excluding carboxylic acids is 2. The SMILES string of the molecule is CC1CNCC(C(=O)N2CCCN(C)C(=O)C2)C1. The van der Waals surface area contributed by atoms with Gasteiger partial charge in [0.2, 0.25) is 11.8 Å². The minimum absolute atomic E-state index is 0.0463. The van der Waals surface area contributed by atoms with Crippen LogP contribution in [-0.4, -0.2) is 61.4 Å². The lowest BCUT2D eigenvalue weighted by molar-refractivity contribution is -0.141. The summed E-state index contributed by atoms with van der Waals surface area (Å²) in [5.41, 5.74) is 0. The van der Waals surface area contributed by atoms with Crippen molar-refractivity contribution in [2.45, 2.75) is 19.8 Å². The summed E-state index contributed by atoms with van der Waals surface area (Å²) in [4.78, 5) is 27.7. The monoisotopic (exact) mass is 253 g/mol. The first-order valence-corrected chi connectivity index (χ1v) is 6.81. The van der Waals surface area contributed by atoms with Gasteiger partial charge in [0.05, 0.1) is 12.5 Å². The lowest BCUT2D eigenvalue weighted by Gasteiger charge is -2.31. The molecule has 2 amide bonds. The third-order valence-corrected chi connectivity index (χ3v) is 3.90. The zero-order valence-electron chi connectivity index (χ0n) is 11.3. The Morgan fingerprint density at radius 2 is 2.11 bits per heavy atom. The molecule has 0 saturated carbocycles. The second kappa shape index (κ2) is 5.69. The zero-order chi connectivity index (χ0) is 13.1. The third-order valence-electron chi connectivity index (χ3n) is 3.90. The number of hydrogen-bond donors (Lipinski definition) is 1. The van der Waals surface area contributed by atoms with Crippen LogP contribution >= 0.6 is 0 Å². The summed E-state index contributed by atoms with van der Waals surface area (Å²) in [5.74, 6) is 0.790. The van der Waals surface area contributed by atoms with Crippen molar-refractivity contribution in [3.8, 4) is 0 Å². The summed E-state index contributed by atoms with van der Waals surface area (Å²) >= 11 is 0. The number of nitrogens with one attached hydrogen (secondary N) is 1. The Labute approximate surface area is 108 Å². The Morgan fingerprint density at radius 3 is 2.83 bits per heavy atom. The summed E-state index contributed by atoms with van der Waals surface area (Å²) in [6.07, 6.45) is 1.82. The third kappa shape index (κ3) is 3.02. The molecule has 2 fully saturated rings. The average molecular weight is 253 g/mol. The van der Waals surface area contributed by atoms with Crippen LogP contribution in [0.2, 0.25) is 0 Å². The van der Waals surface area contributed by atoms with Gasteiger partial charge in [-0.2, -0.15) is 0 Å². The van der Waals surface area contributed by atoms with Crippen molar-refractivity contribution in [2.75, 3.05) is 39.8 Å². The van der Waals surface area contributed by atoms with Gasteiger partial charge in [0, 0.05) is 26.7 Å². The van der Waals surface area contributed by atoms with Crippen molar-refractivity contribution >= 4 is 11.8 Å². The van der Waals surface area contributed by atoms with Crippen LogP contribution in [0.5, 0.6) is 0 Å². The minimum Gasteiger partial charge on any atom is -0.344 e. The second-order valence-electron chi connectivity index (χ2n) is 5.62. The molecule has 0 aliphatic carbocycles. The molecule has 1 N–H and O–H groups in total. The van der Waals surface area contributed by atoms with E-state index in [-0.39, 0.29) is 24.3 Å². The summed E-state index contributed by atoms with van der Waals surface area (Å²) in [6.45, 7) is 5.62. The molecule has 0 aromatic heterocycles. The van der Waals surface area contributed by atoms with Gasteiger partial charge in [-0.05, 0) is 25.3 Å². The van der Waals surface area contributed by atoms with E-state index in [1.165, 1.54) is 0 Å². The first kappa shape index (κ1) is 13.3. The fourth-order valence-electron chi connectivity index (χ4n) is 2.78. The van der Waals surface area contributed by atoms with E-state index >= 15 is 0 Å². The van der Waals surface area contributed by atoms with Crippen molar-refractivity contribution in [1.29, 1.82) is 0 Å². The molecular weight excluding hydrogens is 230 g/mol. The van der Waals surface area contributed by atoms with Gasteiger partial charge in [-0.15, -0.1) is 0 Å². The highest BCUT2D eigenvalue weighted by Crippen LogP contribution is 2.19. The lowest BCUT2D eigenvalue weighted by atomic mass is 9.91. The number of likely N-dealkylation sites (N-methyl/N-ethyl adjacent to an activating group) is 1. The minimum atomic E-state index is 0.0463. The molecule has 0 aromatic carbocycles. The maximum Gasteiger partial charge on any atom is 0.241 e. The van der Waals surface area contributed by atoms with E-state index in [0.29, 0.717) is 12.5 Å². The number of carbonyl (C=O) groups is 2. The van der Waals surface area contributed by atoms with Crippen LogP contribution in [0.25, 0.3) is 0 Å². The molecule has 18 heavy (non-hydrogen) atoms. The molecule has 0 radical (unpaired) electrons. The summed E-state index contributed by atoms with van der Waals surface area (Å²) in [5, 5.41) is 3.30. The maximum absolute atomic E-state index is 12.4. The van der Waals surface area contributed by atoms with E-state index in [0.717, 1.165) is 32.5 Å². The van der Waals surface area contributed by atoms with Crippen LogP contribution in [0.1, 0.15) is 19.8 Å². The van der Waals surface area contributed by atoms with Crippen LogP contribution in [0, 0.1) is 11.8 Å². The first-order valence-electron chi connectivity index (χ1n) is 6.81. The number of hydrogen-bond acceptors (Lipinski definition) is 3. The Kier molecular flexibility index (Phi) is 4.22. The van der Waals surface area contributed by atoms with Crippen LogP contribution < -0.4 is 5.32 Å². The molecule has 0 bridgehead atoms. The highest BCUT2D eigenvalue weighted by molar-refractivity contribution is 5.86. The molecule has 2 aliphatic rings. The second-order valence-corrected chi connectivity index (χ2v) is 5.62. The number of rotatable bonds is 1. The van der Waals surface area contributed by atoms with Gasteiger partial charge in [-0.25, -0.2) is 0 Å². The van der Waals surface area contributed by atoms with E-state index in [1.807, 2.05) is 0 Å². The molecule has 0 aromatic rings. The summed E-state index contributed by atoms with van der Waals surface area (Å²) < 4.78 is 0. The molecule has 0 spiro atoms. The van der Waals surface area contributed by atoms with Gasteiger partial charge in [0.1, 0.15) is 0 Å². The molecule has 5 heteroatoms. The van der Waals surface area contributed by atoms with E-state index in [2.05, 4.69) is 12.2 Å². The molecule has 2 atom stereocenters. The van der Waals surface area contributed by atoms with Crippen molar-refractivity contribution in [1.82, 2.24) is 15.1 Å². The molecule has 2 saturated heterocycles. The largest absolute Gasteiger partial charge is 0.344 e. The van der Waals surface area contributed by atoms with Gasteiger partial charge in [0.15, 0.2) is 0 Å². The normalized spacial score (nSPS) is 30.2. The lowest BCUT2D eigenvalue weighted by Crippen LogP contribution is -2.47. The Morgan fingerprint density at radius 1 is 1.33 bits per heavy atom. The quantitative estimate of drug-likeness (QED) is 0.711. The Balaban J connectivity index is 1.97. The van der Waals surface area contributed by atoms with E-state index in [1.54, 1.807) is 16.8 Å². The van der Waals surface area contributed by atoms with Crippen LogP contribution in [-0.2, 0) is 9.59 Å². The smallest absolute Gasteiger partial charge is 0.241 e. The zero-order valence-corrected chi connectivity index (χ0v) is 11.3. The predicted molar refractivity (Wildman–Crippen MR) is 69.0 cm³/mol. The standard InChI is InChI=1S/C13H23N3O2/c1-10-6-11(8-14-7-10)13(18)16-5-3-4-15(2)12(17)9-16/h10-11,14H,3-9H2,1-2H3. The van der Waals surface area contributed by atoms with Gasteiger partial charge >= 0.3 is 0 Å². The molecule has 2 aliphatic heterocycles. The molecular formula is C13H23N3O2. The van der Waals surface area contributed by atoms with Gasteiger partial charge in [-0.3, -0.25) is 9.59 Å². The van der Waals surface area contributed by atoms with Crippen LogP contribution in [0.3, 0.4) is 0 Å². The maximum atomic E-state index is 12.4. The van der Waals surface area contributed by atoms with Gasteiger partial charge in [-0.1, -0.05) is 6.92 Å². The summed E-state index contributed by atoms with van der Waals surface area (Å²) in [7, 11) is 1.81. The Bertz CT molecular complexity index is 332. The fourth-order valence-corrected chi connectivity index (χ4v) is 2.78. The molecule has 5 nitrogen and oxygen atoms in total. The number of piperidine rings is 1. The number of nitrogens with zero attached hydrogens (tertiary/aromatic N) is 2. The van der Waals surface area contributed by atoms with E-state index < -0.39 is 0 Å².